The summed E-state index contributed by atoms with van der Waals surface area (Å²) in [5, 5.41) is 0. The molecule has 25 heavy (non-hydrogen) atoms. The van der Waals surface area contributed by atoms with Gasteiger partial charge in [0.2, 0.25) is 0 Å². The topological polar surface area (TPSA) is 34.8 Å². The van der Waals surface area contributed by atoms with Gasteiger partial charge in [-0.25, -0.2) is 0 Å². The van der Waals surface area contributed by atoms with Crippen molar-refractivity contribution < 1.29 is 13.9 Å². The zero-order valence-corrected chi connectivity index (χ0v) is 14.7. The molecule has 1 aliphatic heterocycles. The van der Waals surface area contributed by atoms with E-state index in [1.54, 1.807) is 0 Å². The fourth-order valence-corrected chi connectivity index (χ4v) is 3.17. The molecule has 4 heteroatoms. The molecule has 0 amide bonds. The van der Waals surface area contributed by atoms with Crippen LogP contribution in [-0.4, -0.2) is 30.8 Å². The van der Waals surface area contributed by atoms with Crippen LogP contribution >= 0.6 is 0 Å². The Morgan fingerprint density at radius 2 is 2.20 bits per heavy atom. The zero-order valence-electron chi connectivity index (χ0n) is 14.7. The van der Waals surface area contributed by atoms with Crippen LogP contribution in [0.1, 0.15) is 29.9 Å². The van der Waals surface area contributed by atoms with Crippen LogP contribution in [0.2, 0.25) is 0 Å². The van der Waals surface area contributed by atoms with Crippen LogP contribution in [0.3, 0.4) is 0 Å². The minimum Gasteiger partial charge on any atom is -0.481 e. The van der Waals surface area contributed by atoms with Gasteiger partial charge in [0, 0.05) is 19.7 Å². The van der Waals surface area contributed by atoms with Gasteiger partial charge < -0.3 is 13.9 Å². The van der Waals surface area contributed by atoms with Crippen LogP contribution < -0.4 is 4.74 Å². The van der Waals surface area contributed by atoms with Crippen LogP contribution in [0, 0.1) is 19.3 Å². The van der Waals surface area contributed by atoms with E-state index in [1.165, 1.54) is 5.56 Å². The molecular weight excluding hydrogens is 314 g/mol. The quantitative estimate of drug-likeness (QED) is 0.686. The first-order valence-electron chi connectivity index (χ1n) is 8.77. The largest absolute Gasteiger partial charge is 0.481 e. The van der Waals surface area contributed by atoms with Crippen molar-refractivity contribution in [1.29, 1.82) is 0 Å². The summed E-state index contributed by atoms with van der Waals surface area (Å²) in [6.07, 6.45) is 7.84. The van der Waals surface area contributed by atoms with E-state index >= 15 is 0 Å². The van der Waals surface area contributed by atoms with Crippen molar-refractivity contribution in [2.24, 2.45) is 0 Å². The Morgan fingerprint density at radius 3 is 2.92 bits per heavy atom. The molecule has 0 spiro atoms. The lowest BCUT2D eigenvalue weighted by Gasteiger charge is -2.24. The van der Waals surface area contributed by atoms with Crippen molar-refractivity contribution in [3.05, 3.63) is 53.5 Å². The summed E-state index contributed by atoms with van der Waals surface area (Å²) in [4.78, 5) is 2.37. The Labute approximate surface area is 149 Å². The predicted molar refractivity (Wildman–Crippen MR) is 97.3 cm³/mol. The van der Waals surface area contributed by atoms with Crippen LogP contribution in [0.15, 0.2) is 40.8 Å². The van der Waals surface area contributed by atoms with Crippen molar-refractivity contribution >= 4 is 0 Å². The Morgan fingerprint density at radius 1 is 1.28 bits per heavy atom. The number of nitrogens with zero attached hydrogens (tertiary/aromatic N) is 1. The van der Waals surface area contributed by atoms with Crippen LogP contribution in [0.25, 0.3) is 0 Å². The van der Waals surface area contributed by atoms with Gasteiger partial charge in [-0.15, -0.1) is 6.42 Å². The van der Waals surface area contributed by atoms with E-state index in [1.807, 2.05) is 37.3 Å². The summed E-state index contributed by atoms with van der Waals surface area (Å²) in [7, 11) is 0. The maximum atomic E-state index is 5.82. The molecule has 1 fully saturated rings. The molecule has 0 N–H and O–H groups in total. The SMILES string of the molecule is C#CCOc1cccc(CN(Cc2ccc(C)o2)C[C@H]2CCCO2)c1. The normalized spacial score (nSPS) is 16.9. The molecule has 1 aliphatic rings. The molecule has 0 unspecified atom stereocenters. The first-order valence-corrected chi connectivity index (χ1v) is 8.77. The summed E-state index contributed by atoms with van der Waals surface area (Å²) in [6.45, 7) is 5.61. The molecular formula is C21H25NO3. The third-order valence-corrected chi connectivity index (χ3v) is 4.29. The van der Waals surface area contributed by atoms with Gasteiger partial charge in [-0.2, -0.15) is 0 Å². The molecule has 3 rings (SSSR count). The number of rotatable bonds is 8. The number of ether oxygens (including phenoxy) is 2. The third-order valence-electron chi connectivity index (χ3n) is 4.29. The molecule has 0 radical (unpaired) electrons. The highest BCUT2D eigenvalue weighted by Crippen LogP contribution is 2.20. The Kier molecular flexibility index (Phi) is 6.16. The van der Waals surface area contributed by atoms with Gasteiger partial charge in [-0.3, -0.25) is 4.90 Å². The Bertz CT molecular complexity index is 710. The van der Waals surface area contributed by atoms with Crippen LogP contribution in [0.5, 0.6) is 5.75 Å². The number of hydrogen-bond donors (Lipinski definition) is 0. The fourth-order valence-electron chi connectivity index (χ4n) is 3.17. The maximum absolute atomic E-state index is 5.82. The first-order chi connectivity index (χ1) is 12.2. The first kappa shape index (κ1) is 17.6. The van der Waals surface area contributed by atoms with Gasteiger partial charge in [-0.05, 0) is 49.6 Å². The van der Waals surface area contributed by atoms with E-state index in [9.17, 15) is 0 Å². The van der Waals surface area contributed by atoms with E-state index < -0.39 is 0 Å². The number of terminal acetylenes is 1. The van der Waals surface area contributed by atoms with Gasteiger partial charge in [0.05, 0.1) is 12.6 Å². The van der Waals surface area contributed by atoms with Gasteiger partial charge in [0.25, 0.3) is 0 Å². The number of furan rings is 1. The van der Waals surface area contributed by atoms with E-state index in [0.717, 1.165) is 56.4 Å². The zero-order chi connectivity index (χ0) is 17.5. The minimum absolute atomic E-state index is 0.286. The number of benzene rings is 1. The lowest BCUT2D eigenvalue weighted by atomic mass is 10.1. The van der Waals surface area contributed by atoms with Crippen LogP contribution in [0.4, 0.5) is 0 Å². The molecule has 2 aromatic rings. The maximum Gasteiger partial charge on any atom is 0.148 e. The second-order valence-corrected chi connectivity index (χ2v) is 6.46. The van der Waals surface area contributed by atoms with Crippen molar-refractivity contribution in [2.45, 2.75) is 39.0 Å². The summed E-state index contributed by atoms with van der Waals surface area (Å²) < 4.78 is 17.1. The minimum atomic E-state index is 0.286. The standard InChI is InChI=1S/C21H25NO3/c1-3-11-23-19-7-4-6-18(13-19)14-22(15-20-8-5-12-24-20)16-21-10-9-17(2)25-21/h1,4,6-7,9-10,13,20H,5,8,11-12,14-16H2,2H3/t20-/m1/s1. The number of aryl methyl sites for hydroxylation is 1. The van der Waals surface area contributed by atoms with Gasteiger partial charge in [0.15, 0.2) is 0 Å². The van der Waals surface area contributed by atoms with Crippen LogP contribution in [-0.2, 0) is 17.8 Å². The summed E-state index contributed by atoms with van der Waals surface area (Å²) >= 11 is 0. The molecule has 0 saturated carbocycles. The van der Waals surface area contributed by atoms with E-state index in [-0.39, 0.29) is 6.61 Å². The average Bonchev–Trinajstić information content (AvgIpc) is 3.25. The summed E-state index contributed by atoms with van der Waals surface area (Å²) in [6, 6.07) is 12.1. The number of hydrogen-bond acceptors (Lipinski definition) is 4. The molecule has 132 valence electrons. The van der Waals surface area contributed by atoms with Crippen molar-refractivity contribution in [3.63, 3.8) is 0 Å². The Balaban J connectivity index is 1.68. The van der Waals surface area contributed by atoms with E-state index in [4.69, 9.17) is 20.3 Å². The smallest absolute Gasteiger partial charge is 0.148 e. The van der Waals surface area contributed by atoms with Crippen molar-refractivity contribution in [1.82, 2.24) is 4.90 Å². The Hall–Kier alpha value is -2.22. The molecule has 2 heterocycles. The molecule has 0 bridgehead atoms. The molecule has 1 atom stereocenters. The predicted octanol–water partition coefficient (Wildman–Crippen LogP) is 3.78. The molecule has 1 aromatic heterocycles. The van der Waals surface area contributed by atoms with E-state index in [0.29, 0.717) is 6.10 Å². The summed E-state index contributed by atoms with van der Waals surface area (Å²) in [5.74, 6) is 5.23. The summed E-state index contributed by atoms with van der Waals surface area (Å²) in [5.41, 5.74) is 1.19. The van der Waals surface area contributed by atoms with Crippen molar-refractivity contribution in [3.8, 4) is 18.1 Å². The van der Waals surface area contributed by atoms with Gasteiger partial charge in [0.1, 0.15) is 23.9 Å². The van der Waals surface area contributed by atoms with Gasteiger partial charge >= 0.3 is 0 Å². The molecule has 1 aromatic carbocycles. The second-order valence-electron chi connectivity index (χ2n) is 6.46. The highest BCUT2D eigenvalue weighted by Gasteiger charge is 2.20. The third kappa shape index (κ3) is 5.38. The molecule has 4 nitrogen and oxygen atoms in total. The van der Waals surface area contributed by atoms with E-state index in [2.05, 4.69) is 16.9 Å². The lowest BCUT2D eigenvalue weighted by molar-refractivity contribution is 0.0654. The molecule has 0 aliphatic carbocycles. The lowest BCUT2D eigenvalue weighted by Crippen LogP contribution is -2.31. The fraction of sp³-hybridized carbons (Fsp3) is 0.429. The monoisotopic (exact) mass is 339 g/mol. The van der Waals surface area contributed by atoms with Gasteiger partial charge in [-0.1, -0.05) is 18.1 Å². The van der Waals surface area contributed by atoms with Crippen molar-refractivity contribution in [2.75, 3.05) is 19.8 Å². The highest BCUT2D eigenvalue weighted by atomic mass is 16.5. The average molecular weight is 339 g/mol. The highest BCUT2D eigenvalue weighted by molar-refractivity contribution is 5.28. The molecule has 1 saturated heterocycles. The second kappa shape index (κ2) is 8.75.